The fraction of sp³-hybridized carbons (Fsp3) is 0.286. The number of anilines is 1. The number of nitrogens with zero attached hydrogens (tertiary/aromatic N) is 1. The van der Waals surface area contributed by atoms with Gasteiger partial charge in [0.15, 0.2) is 0 Å². The lowest BCUT2D eigenvalue weighted by atomic mass is 10.2. The van der Waals surface area contributed by atoms with Gasteiger partial charge in [-0.1, -0.05) is 30.3 Å². The van der Waals surface area contributed by atoms with Gasteiger partial charge < -0.3 is 15.3 Å². The first kappa shape index (κ1) is 19.9. The van der Waals surface area contributed by atoms with E-state index in [1.165, 1.54) is 17.3 Å². The average molecular weight is 398 g/mol. The molecule has 0 aliphatic carbocycles. The highest BCUT2D eigenvalue weighted by atomic mass is 32.2. The molecule has 0 fully saturated rings. The topological polar surface area (TPSA) is 86.7 Å². The smallest absolute Gasteiger partial charge is 0.303 e. The van der Waals surface area contributed by atoms with Crippen LogP contribution in [0.5, 0.6) is 0 Å². The van der Waals surface area contributed by atoms with Crippen LogP contribution in [0.2, 0.25) is 0 Å². The molecule has 2 aromatic rings. The Hall–Kier alpha value is -2.80. The zero-order valence-electron chi connectivity index (χ0n) is 15.4. The molecule has 0 saturated carbocycles. The molecule has 2 amide bonds. The lowest BCUT2D eigenvalue weighted by Gasteiger charge is -2.17. The second-order valence-electron chi connectivity index (χ2n) is 6.46. The first-order chi connectivity index (χ1) is 13.6. The van der Waals surface area contributed by atoms with Crippen LogP contribution in [0.4, 0.5) is 5.69 Å². The van der Waals surface area contributed by atoms with Gasteiger partial charge in [-0.05, 0) is 36.6 Å². The van der Waals surface area contributed by atoms with Crippen LogP contribution in [0, 0.1) is 0 Å². The molecule has 0 unspecified atom stereocenters. The van der Waals surface area contributed by atoms with Crippen LogP contribution >= 0.6 is 11.8 Å². The monoisotopic (exact) mass is 398 g/mol. The highest BCUT2D eigenvalue weighted by Crippen LogP contribution is 2.29. The quantitative estimate of drug-likeness (QED) is 0.527. The number of para-hydroxylation sites is 1. The van der Waals surface area contributed by atoms with Gasteiger partial charge in [0, 0.05) is 30.1 Å². The predicted octanol–water partition coefficient (Wildman–Crippen LogP) is 2.96. The maximum atomic E-state index is 12.7. The number of thioether (sulfide) groups is 1. The van der Waals surface area contributed by atoms with Gasteiger partial charge in [-0.15, -0.1) is 11.8 Å². The standard InChI is InChI=1S/C21H22N2O4S/c24-19(23-13-11-15-6-1-3-8-17(15)23)14-28-18-9-4-2-7-16(18)21(27)22-12-5-10-20(25)26/h1-4,6-9H,5,10-14H2,(H,22,27)(H,25,26). The number of carboxylic acid groups (broad SMARTS) is 1. The molecular formula is C21H22N2O4S. The molecule has 1 aliphatic heterocycles. The van der Waals surface area contributed by atoms with E-state index < -0.39 is 5.97 Å². The fourth-order valence-corrected chi connectivity index (χ4v) is 4.06. The Morgan fingerprint density at radius 1 is 1.07 bits per heavy atom. The first-order valence-electron chi connectivity index (χ1n) is 9.16. The molecule has 1 aliphatic rings. The molecule has 1 heterocycles. The Morgan fingerprint density at radius 2 is 1.82 bits per heavy atom. The number of rotatable bonds is 8. The van der Waals surface area contributed by atoms with Crippen molar-refractivity contribution in [1.82, 2.24) is 5.32 Å². The van der Waals surface area contributed by atoms with E-state index in [9.17, 15) is 14.4 Å². The van der Waals surface area contributed by atoms with Gasteiger partial charge in [0.05, 0.1) is 11.3 Å². The summed E-state index contributed by atoms with van der Waals surface area (Å²) in [6, 6.07) is 15.1. The molecule has 28 heavy (non-hydrogen) atoms. The van der Waals surface area contributed by atoms with E-state index >= 15 is 0 Å². The molecule has 0 saturated heterocycles. The SMILES string of the molecule is O=C(O)CCCNC(=O)c1ccccc1SCC(=O)N1CCc2ccccc21. The van der Waals surface area contributed by atoms with Crippen molar-refractivity contribution < 1.29 is 19.5 Å². The van der Waals surface area contributed by atoms with Gasteiger partial charge in [-0.25, -0.2) is 0 Å². The van der Waals surface area contributed by atoms with Gasteiger partial charge in [0.25, 0.3) is 5.91 Å². The second kappa shape index (κ2) is 9.41. The first-order valence-corrected chi connectivity index (χ1v) is 10.1. The number of amides is 2. The normalized spacial score (nSPS) is 12.5. The number of carbonyl (C=O) groups is 3. The molecule has 0 spiro atoms. The average Bonchev–Trinajstić information content (AvgIpc) is 3.13. The zero-order chi connectivity index (χ0) is 19.9. The summed E-state index contributed by atoms with van der Waals surface area (Å²) in [5.74, 6) is -0.872. The van der Waals surface area contributed by atoms with Crippen molar-refractivity contribution in [2.24, 2.45) is 0 Å². The fourth-order valence-electron chi connectivity index (χ4n) is 3.13. The van der Waals surface area contributed by atoms with Crippen LogP contribution in [0.15, 0.2) is 53.4 Å². The van der Waals surface area contributed by atoms with E-state index in [1.807, 2.05) is 36.4 Å². The number of carboxylic acids is 1. The van der Waals surface area contributed by atoms with Gasteiger partial charge in [0.1, 0.15) is 0 Å². The van der Waals surface area contributed by atoms with Gasteiger partial charge in [-0.3, -0.25) is 14.4 Å². The number of benzene rings is 2. The largest absolute Gasteiger partial charge is 0.481 e. The number of hydrogen-bond donors (Lipinski definition) is 2. The van der Waals surface area contributed by atoms with Crippen LogP contribution in [0.1, 0.15) is 28.8 Å². The van der Waals surface area contributed by atoms with Gasteiger partial charge in [0.2, 0.25) is 5.91 Å². The summed E-state index contributed by atoms with van der Waals surface area (Å²) in [5, 5.41) is 11.4. The van der Waals surface area contributed by atoms with Crippen LogP contribution in [-0.4, -0.2) is 41.7 Å². The van der Waals surface area contributed by atoms with Crippen molar-refractivity contribution in [3.8, 4) is 0 Å². The minimum absolute atomic E-state index is 0.0164. The Labute approximate surface area is 167 Å². The number of aliphatic carboxylic acids is 1. The summed E-state index contributed by atoms with van der Waals surface area (Å²) in [5.41, 5.74) is 2.65. The summed E-state index contributed by atoms with van der Waals surface area (Å²) in [6.07, 6.45) is 1.26. The molecule has 3 rings (SSSR count). The van der Waals surface area contributed by atoms with Gasteiger partial charge in [-0.2, -0.15) is 0 Å². The van der Waals surface area contributed by atoms with E-state index in [0.29, 0.717) is 25.1 Å². The lowest BCUT2D eigenvalue weighted by molar-refractivity contribution is -0.137. The van der Waals surface area contributed by atoms with Gasteiger partial charge >= 0.3 is 5.97 Å². The van der Waals surface area contributed by atoms with Crippen molar-refractivity contribution in [1.29, 1.82) is 0 Å². The molecule has 7 heteroatoms. The molecule has 2 aromatic carbocycles. The van der Waals surface area contributed by atoms with Crippen molar-refractivity contribution >= 4 is 35.2 Å². The van der Waals surface area contributed by atoms with Crippen molar-refractivity contribution in [3.63, 3.8) is 0 Å². The summed E-state index contributed by atoms with van der Waals surface area (Å²) in [7, 11) is 0. The van der Waals surface area contributed by atoms with Crippen molar-refractivity contribution in [3.05, 3.63) is 59.7 Å². The minimum Gasteiger partial charge on any atom is -0.481 e. The summed E-state index contributed by atoms with van der Waals surface area (Å²) >= 11 is 1.34. The molecule has 6 nitrogen and oxygen atoms in total. The Morgan fingerprint density at radius 3 is 2.64 bits per heavy atom. The highest BCUT2D eigenvalue weighted by molar-refractivity contribution is 8.00. The van der Waals surface area contributed by atoms with E-state index in [-0.39, 0.29) is 24.0 Å². The van der Waals surface area contributed by atoms with E-state index in [4.69, 9.17) is 5.11 Å². The van der Waals surface area contributed by atoms with E-state index in [0.717, 1.165) is 17.0 Å². The van der Waals surface area contributed by atoms with Crippen LogP contribution in [-0.2, 0) is 16.0 Å². The van der Waals surface area contributed by atoms with Crippen LogP contribution < -0.4 is 10.2 Å². The maximum absolute atomic E-state index is 12.7. The number of nitrogens with one attached hydrogen (secondary N) is 1. The third kappa shape index (κ3) is 4.92. The highest BCUT2D eigenvalue weighted by Gasteiger charge is 2.24. The number of hydrogen-bond acceptors (Lipinski definition) is 4. The summed E-state index contributed by atoms with van der Waals surface area (Å²) < 4.78 is 0. The molecular weight excluding hydrogens is 376 g/mol. The zero-order valence-corrected chi connectivity index (χ0v) is 16.2. The number of carbonyl (C=O) groups excluding carboxylic acids is 2. The molecule has 0 radical (unpaired) electrons. The van der Waals surface area contributed by atoms with Crippen LogP contribution in [0.3, 0.4) is 0 Å². The third-order valence-corrected chi connectivity index (χ3v) is 5.58. The Kier molecular flexibility index (Phi) is 6.71. The molecule has 0 aromatic heterocycles. The number of fused-ring (bicyclic) bond motifs is 1. The minimum atomic E-state index is -0.882. The summed E-state index contributed by atoms with van der Waals surface area (Å²) in [6.45, 7) is 0.984. The summed E-state index contributed by atoms with van der Waals surface area (Å²) in [4.78, 5) is 38.2. The lowest BCUT2D eigenvalue weighted by Crippen LogP contribution is -2.30. The maximum Gasteiger partial charge on any atom is 0.303 e. The Balaban J connectivity index is 1.58. The predicted molar refractivity (Wildman–Crippen MR) is 109 cm³/mol. The molecule has 146 valence electrons. The van der Waals surface area contributed by atoms with E-state index in [1.54, 1.807) is 17.0 Å². The Bertz CT molecular complexity index is 884. The third-order valence-electron chi connectivity index (χ3n) is 4.52. The van der Waals surface area contributed by atoms with Crippen molar-refractivity contribution in [2.75, 3.05) is 23.7 Å². The molecule has 0 atom stereocenters. The van der Waals surface area contributed by atoms with Crippen molar-refractivity contribution in [2.45, 2.75) is 24.2 Å². The second-order valence-corrected chi connectivity index (χ2v) is 7.48. The molecule has 0 bridgehead atoms. The van der Waals surface area contributed by atoms with Crippen LogP contribution in [0.25, 0.3) is 0 Å². The molecule has 2 N–H and O–H groups in total. The van der Waals surface area contributed by atoms with E-state index in [2.05, 4.69) is 5.32 Å².